The maximum absolute atomic E-state index is 13.2. The number of ether oxygens (including phenoxy) is 1. The minimum absolute atomic E-state index is 0.0365. The average Bonchev–Trinajstić information content (AvgIpc) is 2.90. The fraction of sp³-hybridized carbons (Fsp3) is 0.235. The van der Waals surface area contributed by atoms with Crippen molar-refractivity contribution in [3.05, 3.63) is 58.1 Å². The minimum Gasteiger partial charge on any atom is -0.506 e. The normalized spacial score (nSPS) is 17.7. The molecule has 2 aromatic rings. The Bertz CT molecular complexity index is 931. The van der Waals surface area contributed by atoms with Gasteiger partial charge in [0.1, 0.15) is 11.4 Å². The van der Waals surface area contributed by atoms with Crippen LogP contribution < -0.4 is 5.01 Å². The molecule has 1 fully saturated rings. The van der Waals surface area contributed by atoms with Gasteiger partial charge < -0.3 is 9.84 Å². The number of phenolic OH excluding ortho intramolecular Hbond substituents is 1. The zero-order chi connectivity index (χ0) is 21.7. The quantitative estimate of drug-likeness (QED) is 0.619. The van der Waals surface area contributed by atoms with Crippen molar-refractivity contribution in [2.24, 2.45) is 0 Å². The summed E-state index contributed by atoms with van der Waals surface area (Å²) in [5, 5.41) is 11.9. The van der Waals surface area contributed by atoms with E-state index < -0.39 is 47.1 Å². The summed E-state index contributed by atoms with van der Waals surface area (Å²) >= 11 is 5.86. The minimum atomic E-state index is -5.08. The summed E-state index contributed by atoms with van der Waals surface area (Å²) in [5.74, 6) is -0.424. The Balaban J connectivity index is 2.19. The number of carbonyl (C=O) groups is 1. The molecule has 3 rings (SSSR count). The Labute approximate surface area is 164 Å². The molecule has 1 atom stereocenters. The van der Waals surface area contributed by atoms with Crippen molar-refractivity contribution in [1.29, 1.82) is 0 Å². The van der Waals surface area contributed by atoms with E-state index in [2.05, 4.69) is 0 Å². The van der Waals surface area contributed by atoms with Crippen LogP contribution in [0.25, 0.3) is 0 Å². The van der Waals surface area contributed by atoms with Crippen LogP contribution in [0.15, 0.2) is 36.4 Å². The Morgan fingerprint density at radius 2 is 1.55 bits per heavy atom. The lowest BCUT2D eigenvalue weighted by Crippen LogP contribution is -2.36. The third kappa shape index (κ3) is 4.00. The summed E-state index contributed by atoms with van der Waals surface area (Å²) in [4.78, 5) is 12.0. The van der Waals surface area contributed by atoms with Crippen molar-refractivity contribution < 1.29 is 41.0 Å². The molecule has 1 saturated heterocycles. The fourth-order valence-corrected chi connectivity index (χ4v) is 2.93. The molecule has 1 heterocycles. The average molecular weight is 441 g/mol. The topological polar surface area (TPSA) is 53.0 Å². The van der Waals surface area contributed by atoms with Gasteiger partial charge in [0, 0.05) is 17.6 Å². The van der Waals surface area contributed by atoms with Gasteiger partial charge in [0.05, 0.1) is 11.1 Å². The first-order chi connectivity index (χ1) is 13.3. The van der Waals surface area contributed by atoms with Gasteiger partial charge in [-0.3, -0.25) is 0 Å². The molecule has 0 spiro atoms. The van der Waals surface area contributed by atoms with Crippen molar-refractivity contribution in [3.63, 3.8) is 0 Å². The van der Waals surface area contributed by atoms with E-state index in [4.69, 9.17) is 16.3 Å². The molecule has 1 amide bonds. The molecule has 1 unspecified atom stereocenters. The zero-order valence-corrected chi connectivity index (χ0v) is 15.1. The summed E-state index contributed by atoms with van der Waals surface area (Å²) in [6.45, 7) is 0. The predicted octanol–water partition coefficient (Wildman–Crippen LogP) is 5.59. The highest BCUT2D eigenvalue weighted by atomic mass is 35.5. The standard InChI is InChI=1S/C17H11ClF6N2O3/c1-25-15(28)29-14(26(25)12-7-11(18)2-3-13(12)27)8-4-9(16(19,20)21)6-10(5-8)17(22,23)24/h2-7,14,27H,1H3. The maximum Gasteiger partial charge on any atom is 0.430 e. The van der Waals surface area contributed by atoms with Crippen LogP contribution in [-0.4, -0.2) is 23.3 Å². The van der Waals surface area contributed by atoms with Gasteiger partial charge in [-0.1, -0.05) is 11.6 Å². The fourth-order valence-electron chi connectivity index (χ4n) is 2.77. The molecule has 0 aromatic heterocycles. The van der Waals surface area contributed by atoms with Crippen LogP contribution in [0.3, 0.4) is 0 Å². The second-order valence-electron chi connectivity index (χ2n) is 6.08. The smallest absolute Gasteiger partial charge is 0.430 e. The predicted molar refractivity (Wildman–Crippen MR) is 89.0 cm³/mol. The summed E-state index contributed by atoms with van der Waals surface area (Å²) < 4.78 is 83.9. The van der Waals surface area contributed by atoms with Crippen LogP contribution in [0.4, 0.5) is 36.8 Å². The third-order valence-electron chi connectivity index (χ3n) is 4.10. The van der Waals surface area contributed by atoms with Crippen molar-refractivity contribution in [1.82, 2.24) is 5.01 Å². The zero-order valence-electron chi connectivity index (χ0n) is 14.3. The molecule has 12 heteroatoms. The third-order valence-corrected chi connectivity index (χ3v) is 4.34. The molecule has 1 aliphatic heterocycles. The molecular weight excluding hydrogens is 430 g/mol. The Morgan fingerprint density at radius 1 is 1.00 bits per heavy atom. The molecule has 0 saturated carbocycles. The first-order valence-electron chi connectivity index (χ1n) is 7.80. The number of anilines is 1. The monoisotopic (exact) mass is 440 g/mol. The molecule has 1 aliphatic rings. The maximum atomic E-state index is 13.2. The van der Waals surface area contributed by atoms with E-state index in [1.54, 1.807) is 0 Å². The van der Waals surface area contributed by atoms with Crippen LogP contribution in [0.1, 0.15) is 22.9 Å². The molecule has 5 nitrogen and oxygen atoms in total. The van der Waals surface area contributed by atoms with Gasteiger partial charge in [-0.2, -0.15) is 26.3 Å². The van der Waals surface area contributed by atoms with Gasteiger partial charge >= 0.3 is 18.4 Å². The van der Waals surface area contributed by atoms with Crippen LogP contribution in [0.2, 0.25) is 5.02 Å². The summed E-state index contributed by atoms with van der Waals surface area (Å²) in [5.41, 5.74) is -3.88. The van der Waals surface area contributed by atoms with Crippen molar-refractivity contribution >= 4 is 23.4 Å². The van der Waals surface area contributed by atoms with Gasteiger partial charge in [0.25, 0.3) is 0 Å². The highest BCUT2D eigenvalue weighted by molar-refractivity contribution is 6.30. The summed E-state index contributed by atoms with van der Waals surface area (Å²) in [6.07, 6.45) is -12.9. The molecular formula is C17H11ClF6N2O3. The Morgan fingerprint density at radius 3 is 2.07 bits per heavy atom. The lowest BCUT2D eigenvalue weighted by atomic mass is 10.0. The lowest BCUT2D eigenvalue weighted by molar-refractivity contribution is -0.143. The lowest BCUT2D eigenvalue weighted by Gasteiger charge is -2.29. The van der Waals surface area contributed by atoms with Crippen LogP contribution >= 0.6 is 11.6 Å². The van der Waals surface area contributed by atoms with Gasteiger partial charge in [-0.25, -0.2) is 14.8 Å². The highest BCUT2D eigenvalue weighted by Crippen LogP contribution is 2.43. The molecule has 0 radical (unpaired) electrons. The number of aromatic hydroxyl groups is 1. The SMILES string of the molecule is CN1C(=O)OC(c2cc(C(F)(F)F)cc(C(F)(F)F)c2)N1c1cc(Cl)ccc1O. The number of carbonyl (C=O) groups excluding carboxylic acids is 1. The molecule has 156 valence electrons. The number of amides is 1. The number of nitrogens with zero attached hydrogens (tertiary/aromatic N) is 2. The van der Waals surface area contributed by atoms with E-state index in [-0.39, 0.29) is 16.8 Å². The number of halogens is 7. The molecule has 1 N–H and O–H groups in total. The van der Waals surface area contributed by atoms with E-state index in [1.807, 2.05) is 0 Å². The number of rotatable bonds is 2. The number of hydrogen-bond acceptors (Lipinski definition) is 4. The first kappa shape index (κ1) is 20.9. The Hall–Kier alpha value is -2.82. The van der Waals surface area contributed by atoms with Crippen molar-refractivity contribution in [2.45, 2.75) is 18.6 Å². The van der Waals surface area contributed by atoms with Crippen molar-refractivity contribution in [2.75, 3.05) is 12.1 Å². The second kappa shape index (κ2) is 6.90. The van der Waals surface area contributed by atoms with Gasteiger partial charge in [-0.05, 0) is 36.4 Å². The van der Waals surface area contributed by atoms with Crippen molar-refractivity contribution in [3.8, 4) is 5.75 Å². The number of benzene rings is 2. The number of alkyl halides is 6. The second-order valence-corrected chi connectivity index (χ2v) is 6.51. The van der Waals surface area contributed by atoms with E-state index in [0.29, 0.717) is 12.1 Å². The molecule has 0 bridgehead atoms. The van der Waals surface area contributed by atoms with E-state index in [0.717, 1.165) is 16.1 Å². The van der Waals surface area contributed by atoms with Gasteiger partial charge in [0.2, 0.25) is 6.23 Å². The summed E-state index contributed by atoms with van der Waals surface area (Å²) in [6, 6.07) is 4.49. The molecule has 29 heavy (non-hydrogen) atoms. The largest absolute Gasteiger partial charge is 0.506 e. The van der Waals surface area contributed by atoms with E-state index in [9.17, 15) is 36.2 Å². The van der Waals surface area contributed by atoms with E-state index >= 15 is 0 Å². The highest BCUT2D eigenvalue weighted by Gasteiger charge is 2.43. The van der Waals surface area contributed by atoms with Crippen LogP contribution in [0, 0.1) is 0 Å². The molecule has 2 aromatic carbocycles. The van der Waals surface area contributed by atoms with Gasteiger partial charge in [-0.15, -0.1) is 0 Å². The van der Waals surface area contributed by atoms with Crippen LogP contribution in [-0.2, 0) is 17.1 Å². The van der Waals surface area contributed by atoms with Gasteiger partial charge in [0.15, 0.2) is 0 Å². The summed E-state index contributed by atoms with van der Waals surface area (Å²) in [7, 11) is 1.17. The van der Waals surface area contributed by atoms with E-state index in [1.165, 1.54) is 19.2 Å². The number of cyclic esters (lactones) is 1. The van der Waals surface area contributed by atoms with Crippen LogP contribution in [0.5, 0.6) is 5.75 Å². The number of hydrazine groups is 1. The number of phenols is 1. The first-order valence-corrected chi connectivity index (χ1v) is 8.18. The Kier molecular flexibility index (Phi) is 4.98. The number of hydrogen-bond donors (Lipinski definition) is 1. The molecule has 0 aliphatic carbocycles.